The summed E-state index contributed by atoms with van der Waals surface area (Å²) in [4.78, 5) is 21.3. The number of hydrogen-bond acceptors (Lipinski definition) is 4. The second-order valence-electron chi connectivity index (χ2n) is 3.38. The molecule has 0 aliphatic rings. The van der Waals surface area contributed by atoms with Crippen molar-refractivity contribution >= 4 is 17.7 Å². The molecular weight excluding hydrogens is 234 g/mol. The van der Waals surface area contributed by atoms with Gasteiger partial charge in [0.1, 0.15) is 6.61 Å². The molecule has 0 aliphatic heterocycles. The number of nitrogens with zero attached hydrogens (tertiary/aromatic N) is 1. The number of nitro benzene ring substituents is 1. The normalized spacial score (nSPS) is 10.9. The van der Waals surface area contributed by atoms with Gasteiger partial charge in [0.25, 0.3) is 5.69 Å². The second-order valence-corrected chi connectivity index (χ2v) is 3.38. The molecule has 0 saturated carbocycles. The summed E-state index contributed by atoms with van der Waals surface area (Å²) < 4.78 is 4.84. The Bertz CT molecular complexity index is 492. The zero-order chi connectivity index (χ0) is 13.4. The van der Waals surface area contributed by atoms with E-state index < -0.39 is 10.9 Å². The molecule has 94 valence electrons. The summed E-state index contributed by atoms with van der Waals surface area (Å²) in [6, 6.07) is 6.00. The van der Waals surface area contributed by atoms with Gasteiger partial charge in [0.2, 0.25) is 0 Å². The highest BCUT2D eigenvalue weighted by molar-refractivity contribution is 5.87. The maximum atomic E-state index is 11.2. The summed E-state index contributed by atoms with van der Waals surface area (Å²) in [5, 5.41) is 10.5. The Hall–Kier alpha value is -2.43. The quantitative estimate of drug-likeness (QED) is 0.264. The minimum Gasteiger partial charge on any atom is -0.458 e. The fraction of sp³-hybridized carbons (Fsp3) is 0.154. The van der Waals surface area contributed by atoms with Gasteiger partial charge < -0.3 is 4.74 Å². The smallest absolute Gasteiger partial charge is 0.331 e. The molecule has 5 nitrogen and oxygen atoms in total. The van der Waals surface area contributed by atoms with Crippen LogP contribution in [0.15, 0.2) is 42.5 Å². The monoisotopic (exact) mass is 247 g/mol. The van der Waals surface area contributed by atoms with E-state index in [4.69, 9.17) is 4.74 Å². The van der Waals surface area contributed by atoms with Gasteiger partial charge in [0.05, 0.1) is 4.92 Å². The van der Waals surface area contributed by atoms with Crippen LogP contribution in [0.4, 0.5) is 5.69 Å². The van der Waals surface area contributed by atoms with E-state index in [1.165, 1.54) is 24.3 Å². The van der Waals surface area contributed by atoms with Crippen LogP contribution in [0.5, 0.6) is 0 Å². The number of ether oxygens (including phenoxy) is 1. The first-order valence-corrected chi connectivity index (χ1v) is 5.34. The highest BCUT2D eigenvalue weighted by Crippen LogP contribution is 2.14. The third-order valence-corrected chi connectivity index (χ3v) is 2.05. The Kier molecular flexibility index (Phi) is 5.31. The van der Waals surface area contributed by atoms with Crippen LogP contribution >= 0.6 is 0 Å². The van der Waals surface area contributed by atoms with Crippen molar-refractivity contribution in [1.29, 1.82) is 0 Å². The van der Waals surface area contributed by atoms with Crippen LogP contribution in [0, 0.1) is 10.1 Å². The molecule has 1 aromatic carbocycles. The molecule has 0 saturated heterocycles. The van der Waals surface area contributed by atoms with E-state index >= 15 is 0 Å². The molecule has 0 amide bonds. The lowest BCUT2D eigenvalue weighted by molar-refractivity contribution is -0.384. The Balaban J connectivity index is 2.63. The van der Waals surface area contributed by atoms with Gasteiger partial charge in [-0.3, -0.25) is 10.1 Å². The van der Waals surface area contributed by atoms with Gasteiger partial charge >= 0.3 is 5.97 Å². The zero-order valence-electron chi connectivity index (χ0n) is 9.91. The fourth-order valence-corrected chi connectivity index (χ4v) is 1.18. The van der Waals surface area contributed by atoms with Crippen molar-refractivity contribution in [2.24, 2.45) is 0 Å². The predicted molar refractivity (Wildman–Crippen MR) is 67.9 cm³/mol. The fourth-order valence-electron chi connectivity index (χ4n) is 1.18. The summed E-state index contributed by atoms with van der Waals surface area (Å²) in [5.74, 6) is -0.486. The summed E-state index contributed by atoms with van der Waals surface area (Å²) in [5.41, 5.74) is 0.562. The van der Waals surface area contributed by atoms with Crippen LogP contribution in [0.3, 0.4) is 0 Å². The number of esters is 1. The van der Waals surface area contributed by atoms with E-state index in [0.717, 1.165) is 0 Å². The van der Waals surface area contributed by atoms with Gasteiger partial charge in [-0.2, -0.15) is 0 Å². The minimum absolute atomic E-state index is 0.0144. The van der Waals surface area contributed by atoms with Gasteiger partial charge in [0, 0.05) is 18.2 Å². The average molecular weight is 247 g/mol. The molecule has 0 N–H and O–H groups in total. The molecule has 0 atom stereocenters. The van der Waals surface area contributed by atoms with E-state index in [1.54, 1.807) is 24.3 Å². The molecule has 0 bridgehead atoms. The molecule has 0 spiro atoms. The molecule has 1 aromatic rings. The number of rotatable bonds is 5. The van der Waals surface area contributed by atoms with Crippen molar-refractivity contribution < 1.29 is 14.5 Å². The van der Waals surface area contributed by atoms with Crippen molar-refractivity contribution in [1.82, 2.24) is 0 Å². The Morgan fingerprint density at radius 3 is 2.94 bits per heavy atom. The molecule has 0 fully saturated rings. The standard InChI is InChI=1S/C13H13NO4/c1-2-3-9-18-13(15)8-7-11-5-4-6-12(10-11)14(16)17/h2-8,10H,9H2,1H3/b3-2+,8-7+. The first-order chi connectivity index (χ1) is 8.63. The van der Waals surface area contributed by atoms with Crippen molar-refractivity contribution in [3.63, 3.8) is 0 Å². The molecule has 0 radical (unpaired) electrons. The SMILES string of the molecule is C/C=C/COC(=O)/C=C/c1cccc([N+](=O)[O-])c1. The lowest BCUT2D eigenvalue weighted by Gasteiger charge is -1.96. The zero-order valence-corrected chi connectivity index (χ0v) is 9.91. The van der Waals surface area contributed by atoms with Crippen LogP contribution < -0.4 is 0 Å². The molecule has 0 aromatic heterocycles. The third kappa shape index (κ3) is 4.61. The molecular formula is C13H13NO4. The van der Waals surface area contributed by atoms with Crippen molar-refractivity contribution in [2.75, 3.05) is 6.61 Å². The number of carbonyl (C=O) groups excluding carboxylic acids is 1. The third-order valence-electron chi connectivity index (χ3n) is 2.05. The lowest BCUT2D eigenvalue weighted by Crippen LogP contribution is -1.99. The van der Waals surface area contributed by atoms with Crippen LogP contribution in [-0.2, 0) is 9.53 Å². The first-order valence-electron chi connectivity index (χ1n) is 5.34. The number of allylic oxidation sites excluding steroid dienone is 1. The molecule has 5 heteroatoms. The Morgan fingerprint density at radius 1 is 1.50 bits per heavy atom. The largest absolute Gasteiger partial charge is 0.458 e. The lowest BCUT2D eigenvalue weighted by atomic mass is 10.2. The highest BCUT2D eigenvalue weighted by atomic mass is 16.6. The Labute approximate surface area is 105 Å². The van der Waals surface area contributed by atoms with E-state index in [1.807, 2.05) is 6.92 Å². The molecule has 0 heterocycles. The van der Waals surface area contributed by atoms with Gasteiger partial charge in [-0.1, -0.05) is 24.3 Å². The highest BCUT2D eigenvalue weighted by Gasteiger charge is 2.04. The van der Waals surface area contributed by atoms with Gasteiger partial charge in [-0.05, 0) is 18.6 Å². The minimum atomic E-state index is -0.486. The summed E-state index contributed by atoms with van der Waals surface area (Å²) >= 11 is 0. The van der Waals surface area contributed by atoms with Gasteiger partial charge in [-0.15, -0.1) is 0 Å². The van der Waals surface area contributed by atoms with Crippen molar-refractivity contribution in [3.05, 3.63) is 58.2 Å². The number of hydrogen-bond donors (Lipinski definition) is 0. The molecule has 0 unspecified atom stereocenters. The summed E-state index contributed by atoms with van der Waals surface area (Å²) in [6.07, 6.45) is 6.20. The second kappa shape index (κ2) is 7.01. The first kappa shape index (κ1) is 13.6. The topological polar surface area (TPSA) is 69.4 Å². The Morgan fingerprint density at radius 2 is 2.28 bits per heavy atom. The van der Waals surface area contributed by atoms with Gasteiger partial charge in [0.15, 0.2) is 0 Å². The van der Waals surface area contributed by atoms with Gasteiger partial charge in [-0.25, -0.2) is 4.79 Å². The molecule has 1 rings (SSSR count). The average Bonchev–Trinajstić information content (AvgIpc) is 2.37. The van der Waals surface area contributed by atoms with E-state index in [-0.39, 0.29) is 12.3 Å². The van der Waals surface area contributed by atoms with E-state index in [0.29, 0.717) is 5.56 Å². The maximum absolute atomic E-state index is 11.2. The number of nitro groups is 1. The summed E-state index contributed by atoms with van der Waals surface area (Å²) in [7, 11) is 0. The van der Waals surface area contributed by atoms with Crippen LogP contribution in [0.1, 0.15) is 12.5 Å². The molecule has 18 heavy (non-hydrogen) atoms. The summed E-state index contributed by atoms with van der Waals surface area (Å²) in [6.45, 7) is 2.04. The number of benzene rings is 1. The van der Waals surface area contributed by atoms with Crippen LogP contribution in [-0.4, -0.2) is 17.5 Å². The van der Waals surface area contributed by atoms with Crippen LogP contribution in [0.2, 0.25) is 0 Å². The molecule has 0 aliphatic carbocycles. The predicted octanol–water partition coefficient (Wildman–Crippen LogP) is 2.73. The number of non-ortho nitro benzene ring substituents is 1. The number of carbonyl (C=O) groups is 1. The maximum Gasteiger partial charge on any atom is 0.331 e. The van der Waals surface area contributed by atoms with Crippen LogP contribution in [0.25, 0.3) is 6.08 Å². The van der Waals surface area contributed by atoms with Crippen molar-refractivity contribution in [3.8, 4) is 0 Å². The van der Waals surface area contributed by atoms with E-state index in [9.17, 15) is 14.9 Å². The van der Waals surface area contributed by atoms with E-state index in [2.05, 4.69) is 0 Å². The van der Waals surface area contributed by atoms with Crippen molar-refractivity contribution in [2.45, 2.75) is 6.92 Å².